The lowest BCUT2D eigenvalue weighted by Gasteiger charge is -2.09. The van der Waals surface area contributed by atoms with Crippen molar-refractivity contribution in [1.82, 2.24) is 20.3 Å². The second-order valence-electron chi connectivity index (χ2n) is 5.07. The average Bonchev–Trinajstić information content (AvgIpc) is 2.85. The van der Waals surface area contributed by atoms with Crippen LogP contribution in [0.5, 0.6) is 0 Å². The molecule has 0 bridgehead atoms. The minimum atomic E-state index is 0. The van der Waals surface area contributed by atoms with Crippen molar-refractivity contribution < 1.29 is 15.6 Å². The van der Waals surface area contributed by atoms with Gasteiger partial charge in [-0.2, -0.15) is 0 Å². The average molecular weight is 302 g/mol. The first-order valence-electron chi connectivity index (χ1n) is 7.52. The highest BCUT2D eigenvalue weighted by molar-refractivity contribution is 4.86. The lowest BCUT2D eigenvalue weighted by Crippen LogP contribution is -2.27. The summed E-state index contributed by atoms with van der Waals surface area (Å²) in [6, 6.07) is 0.503. The van der Waals surface area contributed by atoms with Crippen molar-refractivity contribution in [3.63, 3.8) is 0 Å². The summed E-state index contributed by atoms with van der Waals surface area (Å²) in [6.07, 6.45) is 1.89. The van der Waals surface area contributed by atoms with E-state index in [1.165, 1.54) is 0 Å². The Morgan fingerprint density at radius 1 is 1.10 bits per heavy atom. The van der Waals surface area contributed by atoms with Crippen LogP contribution in [0.2, 0.25) is 0 Å². The van der Waals surface area contributed by atoms with E-state index in [1.54, 1.807) is 4.68 Å². The topological polar surface area (TPSA) is 70.4 Å². The van der Waals surface area contributed by atoms with Gasteiger partial charge in [0.2, 0.25) is 0 Å². The zero-order chi connectivity index (χ0) is 15.3. The molecular weight excluding hydrogens is 272 g/mol. The Hall–Kier alpha value is -1.02. The molecule has 21 heavy (non-hydrogen) atoms. The SMILES string of the molecule is Cc1cn(CCOCCOCCOCCNC(C)C)nn1.[HH]. The summed E-state index contributed by atoms with van der Waals surface area (Å²) in [5.41, 5.74) is 0.918. The second-order valence-corrected chi connectivity index (χ2v) is 5.07. The van der Waals surface area contributed by atoms with Crippen LogP contribution >= 0.6 is 0 Å². The summed E-state index contributed by atoms with van der Waals surface area (Å²) < 4.78 is 18.1. The molecule has 7 heteroatoms. The van der Waals surface area contributed by atoms with Gasteiger partial charge in [0.25, 0.3) is 0 Å². The fraction of sp³-hybridized carbons (Fsp3) is 0.857. The number of aryl methyl sites for hydroxylation is 1. The number of ether oxygens (including phenoxy) is 3. The summed E-state index contributed by atoms with van der Waals surface area (Å²) in [7, 11) is 0. The highest BCUT2D eigenvalue weighted by Gasteiger charge is 1.96. The lowest BCUT2D eigenvalue weighted by atomic mass is 10.4. The monoisotopic (exact) mass is 302 g/mol. The first-order chi connectivity index (χ1) is 10.2. The number of nitrogens with zero attached hydrogens (tertiary/aromatic N) is 3. The molecule has 0 radical (unpaired) electrons. The van der Waals surface area contributed by atoms with Gasteiger partial charge in [-0.15, -0.1) is 5.10 Å². The largest absolute Gasteiger partial charge is 0.378 e. The minimum Gasteiger partial charge on any atom is -0.378 e. The van der Waals surface area contributed by atoms with E-state index in [1.807, 2.05) is 13.1 Å². The molecule has 0 unspecified atom stereocenters. The quantitative estimate of drug-likeness (QED) is 0.546. The van der Waals surface area contributed by atoms with Gasteiger partial charge in [-0.05, 0) is 6.92 Å². The normalized spacial score (nSPS) is 11.4. The van der Waals surface area contributed by atoms with Gasteiger partial charge < -0.3 is 19.5 Å². The molecule has 0 amide bonds. The lowest BCUT2D eigenvalue weighted by molar-refractivity contribution is 0.0131. The van der Waals surface area contributed by atoms with E-state index < -0.39 is 0 Å². The van der Waals surface area contributed by atoms with Crippen LogP contribution in [-0.2, 0) is 20.8 Å². The van der Waals surface area contributed by atoms with E-state index in [-0.39, 0.29) is 1.43 Å². The Morgan fingerprint density at radius 2 is 1.71 bits per heavy atom. The smallest absolute Gasteiger partial charge is 0.0796 e. The zero-order valence-electron chi connectivity index (χ0n) is 13.4. The summed E-state index contributed by atoms with van der Waals surface area (Å²) >= 11 is 0. The van der Waals surface area contributed by atoms with Crippen LogP contribution in [0.4, 0.5) is 0 Å². The molecule has 0 aromatic carbocycles. The zero-order valence-corrected chi connectivity index (χ0v) is 13.4. The summed E-state index contributed by atoms with van der Waals surface area (Å²) in [5.74, 6) is 0. The van der Waals surface area contributed by atoms with Crippen LogP contribution in [0.15, 0.2) is 6.20 Å². The van der Waals surface area contributed by atoms with Crippen LogP contribution in [0.1, 0.15) is 21.0 Å². The van der Waals surface area contributed by atoms with Crippen LogP contribution in [0, 0.1) is 6.92 Å². The third kappa shape index (κ3) is 10.4. The Bertz CT molecular complexity index is 364. The summed E-state index contributed by atoms with van der Waals surface area (Å²) in [4.78, 5) is 0. The van der Waals surface area contributed by atoms with Gasteiger partial charge in [0, 0.05) is 20.2 Å². The van der Waals surface area contributed by atoms with Crippen LogP contribution in [-0.4, -0.2) is 67.2 Å². The molecule has 1 N–H and O–H groups in total. The maximum absolute atomic E-state index is 5.45. The maximum atomic E-state index is 5.45. The van der Waals surface area contributed by atoms with Crippen LogP contribution in [0.3, 0.4) is 0 Å². The molecule has 124 valence electrons. The van der Waals surface area contributed by atoms with Crippen molar-refractivity contribution >= 4 is 0 Å². The molecule has 0 fully saturated rings. The van der Waals surface area contributed by atoms with E-state index in [0.717, 1.165) is 18.8 Å². The molecule has 7 nitrogen and oxygen atoms in total. The minimum absolute atomic E-state index is 0. The van der Waals surface area contributed by atoms with Gasteiger partial charge in [-0.1, -0.05) is 19.1 Å². The third-order valence-electron chi connectivity index (χ3n) is 2.66. The first kappa shape index (κ1) is 18.0. The number of hydrogen-bond donors (Lipinski definition) is 1. The predicted molar refractivity (Wildman–Crippen MR) is 82.5 cm³/mol. The van der Waals surface area contributed by atoms with E-state index in [9.17, 15) is 0 Å². The van der Waals surface area contributed by atoms with E-state index in [4.69, 9.17) is 14.2 Å². The first-order valence-corrected chi connectivity index (χ1v) is 7.52. The molecule has 0 spiro atoms. The number of rotatable bonds is 13. The van der Waals surface area contributed by atoms with Crippen molar-refractivity contribution in [1.29, 1.82) is 0 Å². The Kier molecular flexibility index (Phi) is 9.98. The Morgan fingerprint density at radius 3 is 2.29 bits per heavy atom. The fourth-order valence-corrected chi connectivity index (χ4v) is 1.62. The highest BCUT2D eigenvalue weighted by Crippen LogP contribution is 1.89. The molecule has 0 aliphatic rings. The van der Waals surface area contributed by atoms with E-state index in [2.05, 4.69) is 29.5 Å². The molecule has 0 aliphatic heterocycles. The standard InChI is InChI=1S/C14H28N4O3.H2/c1-13(2)15-4-6-19-8-10-21-11-9-20-7-5-18-12-14(3)16-17-18;/h12-13,15H,4-11H2,1-3H3;1H. The molecular formula is C14H30N4O3. The van der Waals surface area contributed by atoms with Gasteiger partial charge in [0.15, 0.2) is 0 Å². The van der Waals surface area contributed by atoms with Gasteiger partial charge >= 0.3 is 0 Å². The van der Waals surface area contributed by atoms with Crippen molar-refractivity contribution in [2.45, 2.75) is 33.4 Å². The molecule has 1 aromatic rings. The van der Waals surface area contributed by atoms with Crippen molar-refractivity contribution in [2.75, 3.05) is 46.2 Å². The number of nitrogens with one attached hydrogen (secondary N) is 1. The fourth-order valence-electron chi connectivity index (χ4n) is 1.62. The van der Waals surface area contributed by atoms with E-state index in [0.29, 0.717) is 45.6 Å². The van der Waals surface area contributed by atoms with Gasteiger partial charge in [0.05, 0.1) is 51.9 Å². The summed E-state index contributed by atoms with van der Waals surface area (Å²) in [5, 5.41) is 11.1. The molecule has 0 atom stereocenters. The molecule has 1 heterocycles. The Labute approximate surface area is 128 Å². The van der Waals surface area contributed by atoms with Crippen molar-refractivity contribution in [3.8, 4) is 0 Å². The van der Waals surface area contributed by atoms with E-state index >= 15 is 0 Å². The molecule has 0 saturated carbocycles. The molecule has 1 rings (SSSR count). The van der Waals surface area contributed by atoms with Gasteiger partial charge in [-0.3, -0.25) is 0 Å². The predicted octanol–water partition coefficient (Wildman–Crippen LogP) is 0.880. The molecule has 1 aromatic heterocycles. The van der Waals surface area contributed by atoms with Crippen molar-refractivity contribution in [2.24, 2.45) is 0 Å². The Balaban J connectivity index is 0.00000441. The second kappa shape index (κ2) is 11.6. The van der Waals surface area contributed by atoms with Crippen molar-refractivity contribution in [3.05, 3.63) is 11.9 Å². The van der Waals surface area contributed by atoms with Gasteiger partial charge in [-0.25, -0.2) is 4.68 Å². The third-order valence-corrected chi connectivity index (χ3v) is 2.66. The maximum Gasteiger partial charge on any atom is 0.0796 e. The highest BCUT2D eigenvalue weighted by atomic mass is 16.5. The number of hydrogen-bond acceptors (Lipinski definition) is 6. The number of aromatic nitrogens is 3. The summed E-state index contributed by atoms with van der Waals surface area (Å²) in [6.45, 7) is 11.5. The molecule has 0 aliphatic carbocycles. The van der Waals surface area contributed by atoms with Crippen LogP contribution < -0.4 is 5.32 Å². The molecule has 0 saturated heterocycles. The van der Waals surface area contributed by atoms with Gasteiger partial charge in [0.1, 0.15) is 0 Å². The van der Waals surface area contributed by atoms with Crippen LogP contribution in [0.25, 0.3) is 0 Å².